The van der Waals surface area contributed by atoms with Crippen LogP contribution in [0.15, 0.2) is 0 Å². The summed E-state index contributed by atoms with van der Waals surface area (Å²) in [7, 11) is 0. The Morgan fingerprint density at radius 1 is 1.40 bits per heavy atom. The van der Waals surface area contributed by atoms with Gasteiger partial charge in [-0.3, -0.25) is 9.59 Å². The van der Waals surface area contributed by atoms with Gasteiger partial charge >= 0.3 is 11.9 Å². The van der Waals surface area contributed by atoms with E-state index in [9.17, 15) is 9.59 Å². The van der Waals surface area contributed by atoms with E-state index < -0.39 is 18.0 Å². The number of nitrogens with two attached hydrogens (primary N) is 1. The minimum absolute atomic E-state index is 0.00613. The highest BCUT2D eigenvalue weighted by molar-refractivity contribution is 5.76. The predicted molar refractivity (Wildman–Crippen MR) is 53.2 cm³/mol. The first-order valence-corrected chi connectivity index (χ1v) is 5.27. The zero-order chi connectivity index (χ0) is 11.3. The number of hydrogen-bond acceptors (Lipinski definition) is 4. The highest BCUT2D eigenvalue weighted by Gasteiger charge is 2.23. The largest absolute Gasteiger partial charge is 0.481 e. The molecule has 1 aliphatic carbocycles. The van der Waals surface area contributed by atoms with E-state index in [0.717, 1.165) is 25.7 Å². The second kappa shape index (κ2) is 5.70. The zero-order valence-electron chi connectivity index (χ0n) is 8.65. The molecule has 1 saturated carbocycles. The molecule has 86 valence electrons. The Morgan fingerprint density at radius 3 is 2.53 bits per heavy atom. The monoisotopic (exact) mass is 215 g/mol. The Hall–Kier alpha value is -1.10. The molecular weight excluding hydrogens is 198 g/mol. The lowest BCUT2D eigenvalue weighted by atomic mass is 10.1. The van der Waals surface area contributed by atoms with E-state index in [1.807, 2.05) is 0 Å². The summed E-state index contributed by atoms with van der Waals surface area (Å²) >= 11 is 0. The second-order valence-electron chi connectivity index (χ2n) is 3.88. The van der Waals surface area contributed by atoms with Gasteiger partial charge in [-0.25, -0.2) is 0 Å². The lowest BCUT2D eigenvalue weighted by Crippen LogP contribution is -2.34. The van der Waals surface area contributed by atoms with Crippen LogP contribution in [-0.2, 0) is 14.3 Å². The molecule has 0 amide bonds. The van der Waals surface area contributed by atoms with Crippen LogP contribution >= 0.6 is 0 Å². The fourth-order valence-corrected chi connectivity index (χ4v) is 1.65. The van der Waals surface area contributed by atoms with Crippen molar-refractivity contribution >= 4 is 11.9 Å². The summed E-state index contributed by atoms with van der Waals surface area (Å²) in [6.45, 7) is 0. The van der Waals surface area contributed by atoms with Crippen molar-refractivity contribution in [1.82, 2.24) is 0 Å². The quantitative estimate of drug-likeness (QED) is 0.658. The molecule has 0 heterocycles. The fraction of sp³-hybridized carbons (Fsp3) is 0.800. The Balaban J connectivity index is 2.22. The molecule has 0 saturated heterocycles. The van der Waals surface area contributed by atoms with Crippen LogP contribution in [0.1, 0.15) is 38.5 Å². The van der Waals surface area contributed by atoms with Crippen molar-refractivity contribution in [2.45, 2.75) is 50.7 Å². The van der Waals surface area contributed by atoms with Gasteiger partial charge in [0.05, 0.1) is 0 Å². The molecule has 0 radical (unpaired) electrons. The summed E-state index contributed by atoms with van der Waals surface area (Å²) in [5.41, 5.74) is 5.51. The highest BCUT2D eigenvalue weighted by Crippen LogP contribution is 2.21. The summed E-state index contributed by atoms with van der Waals surface area (Å²) in [6, 6.07) is -0.804. The highest BCUT2D eigenvalue weighted by atomic mass is 16.5. The van der Waals surface area contributed by atoms with Gasteiger partial charge in [0, 0.05) is 6.42 Å². The Kier molecular flexibility index (Phi) is 4.55. The van der Waals surface area contributed by atoms with E-state index in [1.165, 1.54) is 0 Å². The van der Waals surface area contributed by atoms with Crippen molar-refractivity contribution in [1.29, 1.82) is 0 Å². The SMILES string of the molecule is N[C@H](CCC(=O)O)C(=O)OC1CCCC1. The molecule has 0 aromatic rings. The Morgan fingerprint density at radius 2 is 2.00 bits per heavy atom. The number of carbonyl (C=O) groups excluding carboxylic acids is 1. The summed E-state index contributed by atoms with van der Waals surface area (Å²) in [5, 5.41) is 8.42. The van der Waals surface area contributed by atoms with Gasteiger partial charge in [-0.05, 0) is 32.1 Å². The Labute approximate surface area is 88.6 Å². The molecule has 1 aliphatic rings. The van der Waals surface area contributed by atoms with Crippen LogP contribution in [0.5, 0.6) is 0 Å². The van der Waals surface area contributed by atoms with Crippen LogP contribution in [0.4, 0.5) is 0 Å². The van der Waals surface area contributed by atoms with Gasteiger partial charge in [-0.2, -0.15) is 0 Å². The maximum atomic E-state index is 11.4. The third-order valence-electron chi connectivity index (χ3n) is 2.56. The molecule has 0 aromatic heterocycles. The summed E-state index contributed by atoms with van der Waals surface area (Å²) in [4.78, 5) is 21.6. The molecule has 5 heteroatoms. The van der Waals surface area contributed by atoms with Gasteiger partial charge in [0.1, 0.15) is 12.1 Å². The predicted octanol–water partition coefficient (Wildman–Crippen LogP) is 0.664. The maximum absolute atomic E-state index is 11.4. The summed E-state index contributed by atoms with van der Waals surface area (Å²) in [5.74, 6) is -1.41. The van der Waals surface area contributed by atoms with Gasteiger partial charge in [-0.15, -0.1) is 0 Å². The molecule has 0 aromatic carbocycles. The van der Waals surface area contributed by atoms with E-state index >= 15 is 0 Å². The van der Waals surface area contributed by atoms with Crippen LogP contribution in [0.25, 0.3) is 0 Å². The van der Waals surface area contributed by atoms with Gasteiger partial charge < -0.3 is 15.6 Å². The normalized spacial score (nSPS) is 18.7. The number of hydrogen-bond donors (Lipinski definition) is 2. The molecule has 1 fully saturated rings. The van der Waals surface area contributed by atoms with Crippen molar-refractivity contribution in [3.05, 3.63) is 0 Å². The molecule has 15 heavy (non-hydrogen) atoms. The van der Waals surface area contributed by atoms with Gasteiger partial charge in [0.2, 0.25) is 0 Å². The van der Waals surface area contributed by atoms with Gasteiger partial charge in [0.15, 0.2) is 0 Å². The number of carbonyl (C=O) groups is 2. The van der Waals surface area contributed by atoms with E-state index in [-0.39, 0.29) is 18.9 Å². The van der Waals surface area contributed by atoms with Crippen LogP contribution in [0.3, 0.4) is 0 Å². The van der Waals surface area contributed by atoms with Crippen LogP contribution in [-0.4, -0.2) is 29.2 Å². The number of carboxylic acid groups (broad SMARTS) is 1. The standard InChI is InChI=1S/C10H17NO4/c11-8(5-6-9(12)13)10(14)15-7-3-1-2-4-7/h7-8H,1-6,11H2,(H,12,13)/t8-/m1/s1. The molecule has 3 N–H and O–H groups in total. The van der Waals surface area contributed by atoms with E-state index in [2.05, 4.69) is 0 Å². The topological polar surface area (TPSA) is 89.6 Å². The average molecular weight is 215 g/mol. The van der Waals surface area contributed by atoms with Gasteiger partial charge in [-0.1, -0.05) is 0 Å². The average Bonchev–Trinajstić information content (AvgIpc) is 2.66. The maximum Gasteiger partial charge on any atom is 0.323 e. The van der Waals surface area contributed by atoms with E-state index in [1.54, 1.807) is 0 Å². The second-order valence-corrected chi connectivity index (χ2v) is 3.88. The molecular formula is C10H17NO4. The lowest BCUT2D eigenvalue weighted by molar-refractivity contribution is -0.150. The minimum Gasteiger partial charge on any atom is -0.481 e. The third-order valence-corrected chi connectivity index (χ3v) is 2.56. The lowest BCUT2D eigenvalue weighted by Gasteiger charge is -2.15. The minimum atomic E-state index is -0.945. The molecule has 5 nitrogen and oxygen atoms in total. The number of carboxylic acids is 1. The smallest absolute Gasteiger partial charge is 0.323 e. The summed E-state index contributed by atoms with van der Waals surface area (Å²) in [6.07, 6.45) is 4.01. The van der Waals surface area contributed by atoms with Crippen molar-refractivity contribution in [3.63, 3.8) is 0 Å². The molecule has 0 bridgehead atoms. The van der Waals surface area contributed by atoms with Crippen LogP contribution < -0.4 is 5.73 Å². The molecule has 0 aliphatic heterocycles. The number of ether oxygens (including phenoxy) is 1. The van der Waals surface area contributed by atoms with Crippen molar-refractivity contribution < 1.29 is 19.4 Å². The van der Waals surface area contributed by atoms with Crippen molar-refractivity contribution in [2.24, 2.45) is 5.73 Å². The van der Waals surface area contributed by atoms with Crippen molar-refractivity contribution in [2.75, 3.05) is 0 Å². The fourth-order valence-electron chi connectivity index (χ4n) is 1.65. The van der Waals surface area contributed by atoms with Crippen LogP contribution in [0, 0.1) is 0 Å². The zero-order valence-corrected chi connectivity index (χ0v) is 8.65. The molecule has 0 unspecified atom stereocenters. The molecule has 1 rings (SSSR count). The van der Waals surface area contributed by atoms with Crippen LogP contribution in [0.2, 0.25) is 0 Å². The molecule has 0 spiro atoms. The first-order chi connectivity index (χ1) is 7.09. The third kappa shape index (κ3) is 4.29. The first-order valence-electron chi connectivity index (χ1n) is 5.27. The summed E-state index contributed by atoms with van der Waals surface area (Å²) < 4.78 is 5.15. The van der Waals surface area contributed by atoms with Gasteiger partial charge in [0.25, 0.3) is 0 Å². The van der Waals surface area contributed by atoms with Crippen molar-refractivity contribution in [3.8, 4) is 0 Å². The van der Waals surface area contributed by atoms with E-state index in [4.69, 9.17) is 15.6 Å². The van der Waals surface area contributed by atoms with E-state index in [0.29, 0.717) is 0 Å². The number of aliphatic carboxylic acids is 1. The Bertz CT molecular complexity index is 236. The number of esters is 1. The first kappa shape index (κ1) is 12.0. The number of rotatable bonds is 5. The molecule has 1 atom stereocenters.